The number of hydrogen-bond acceptors (Lipinski definition) is 7. The van der Waals surface area contributed by atoms with Crippen LogP contribution in [0.15, 0.2) is 60.9 Å². The first-order valence-electron chi connectivity index (χ1n) is 13.3. The van der Waals surface area contributed by atoms with Crippen LogP contribution in [0.25, 0.3) is 5.69 Å². The fourth-order valence-electron chi connectivity index (χ4n) is 5.00. The minimum Gasteiger partial charge on any atom is -0.493 e. The Morgan fingerprint density at radius 1 is 1.12 bits per heavy atom. The van der Waals surface area contributed by atoms with Gasteiger partial charge in [-0.2, -0.15) is 0 Å². The van der Waals surface area contributed by atoms with Crippen LogP contribution in [0, 0.1) is 5.41 Å². The number of benzene rings is 2. The van der Waals surface area contributed by atoms with Gasteiger partial charge in [-0.3, -0.25) is 4.79 Å². The number of ether oxygens (including phenoxy) is 4. The minimum absolute atomic E-state index is 0.0671. The van der Waals surface area contributed by atoms with E-state index in [2.05, 4.69) is 14.9 Å². The first kappa shape index (κ1) is 28.7. The number of aromatic nitrogens is 4. The van der Waals surface area contributed by atoms with E-state index in [0.29, 0.717) is 29.5 Å². The summed E-state index contributed by atoms with van der Waals surface area (Å²) in [5.41, 5.74) is 3.42. The van der Waals surface area contributed by atoms with E-state index in [9.17, 15) is 9.90 Å². The Bertz CT molecular complexity index is 1530. The Kier molecular flexibility index (Phi) is 8.35. The van der Waals surface area contributed by atoms with Gasteiger partial charge in [-0.25, -0.2) is 4.68 Å². The number of para-hydroxylation sites is 1. The topological polar surface area (TPSA) is 110 Å². The number of hydrogen-bond donors (Lipinski definition) is 1. The average Bonchev–Trinajstić information content (AvgIpc) is 3.60. The maximum absolute atomic E-state index is 11.4. The number of rotatable bonds is 11. The number of carboxylic acids is 1. The van der Waals surface area contributed by atoms with Crippen molar-refractivity contribution in [3.63, 3.8) is 0 Å². The Morgan fingerprint density at radius 3 is 2.71 bits per heavy atom. The number of methoxy groups -OCH3 is 2. The zero-order valence-corrected chi connectivity index (χ0v) is 24.2. The molecule has 0 radical (unpaired) electrons. The lowest BCUT2D eigenvalue weighted by Crippen LogP contribution is -2.29. The van der Waals surface area contributed by atoms with Crippen molar-refractivity contribution >= 4 is 17.6 Å². The molecule has 0 spiro atoms. The molecule has 0 fully saturated rings. The van der Waals surface area contributed by atoms with Crippen molar-refractivity contribution in [2.24, 2.45) is 5.41 Å². The molecule has 1 aliphatic rings. The maximum Gasteiger partial charge on any atom is 0.311 e. The van der Waals surface area contributed by atoms with Crippen LogP contribution in [0.2, 0.25) is 5.02 Å². The van der Waals surface area contributed by atoms with E-state index in [1.165, 1.54) is 0 Å². The Morgan fingerprint density at radius 2 is 1.95 bits per heavy atom. The molecule has 5 rings (SSSR count). The number of fused-ring (bicyclic) bond motifs is 3. The van der Waals surface area contributed by atoms with Crippen LogP contribution in [-0.2, 0) is 27.4 Å². The molecule has 11 heteroatoms. The molecule has 1 aliphatic heterocycles. The van der Waals surface area contributed by atoms with Gasteiger partial charge in [-0.15, -0.1) is 5.10 Å². The highest BCUT2D eigenvalue weighted by Crippen LogP contribution is 2.46. The second-order valence-electron chi connectivity index (χ2n) is 10.5. The summed E-state index contributed by atoms with van der Waals surface area (Å²) in [6.45, 7) is 4.01. The number of aryl methyl sites for hydroxylation is 1. The van der Waals surface area contributed by atoms with Crippen LogP contribution in [-0.4, -0.2) is 51.5 Å². The van der Waals surface area contributed by atoms with Crippen LogP contribution >= 0.6 is 11.6 Å². The van der Waals surface area contributed by atoms with Crippen molar-refractivity contribution in [1.82, 2.24) is 19.6 Å². The van der Waals surface area contributed by atoms with Gasteiger partial charge in [-0.05, 0) is 56.7 Å². The molecule has 1 N–H and O–H groups in total. The fourth-order valence-corrected chi connectivity index (χ4v) is 5.18. The molecule has 41 heavy (non-hydrogen) atoms. The standard InChI is InChI=1S/C30H33ClN4O6/c1-30(2,29(36)37)18-40-17-20-16-32-33-35(20)14-12-25-24-8-6-13-34(24)23-11-10-19(31)15-22(23)27(41-25)21-7-5-9-26(38-3)28(21)39-4/h5-11,13,15-16,25,27H,12,14,17-18H2,1-4H3,(H,36,37)/t25-,27-/m1/s1. The summed E-state index contributed by atoms with van der Waals surface area (Å²) in [6.07, 6.45) is 3.39. The summed E-state index contributed by atoms with van der Waals surface area (Å²) in [5, 5.41) is 18.3. The van der Waals surface area contributed by atoms with Crippen molar-refractivity contribution in [3.8, 4) is 17.2 Å². The number of carbonyl (C=O) groups is 1. The van der Waals surface area contributed by atoms with Gasteiger partial charge in [0.15, 0.2) is 11.5 Å². The lowest BCUT2D eigenvalue weighted by Gasteiger charge is -2.25. The lowest BCUT2D eigenvalue weighted by molar-refractivity contribution is -0.150. The van der Waals surface area contributed by atoms with Crippen LogP contribution < -0.4 is 9.47 Å². The molecule has 2 aromatic carbocycles. The number of aliphatic carboxylic acids is 1. The van der Waals surface area contributed by atoms with Gasteiger partial charge < -0.3 is 28.6 Å². The zero-order chi connectivity index (χ0) is 29.1. The van der Waals surface area contributed by atoms with E-state index in [1.807, 2.05) is 54.7 Å². The third-order valence-corrected chi connectivity index (χ3v) is 7.49. The van der Waals surface area contributed by atoms with E-state index < -0.39 is 17.5 Å². The summed E-state index contributed by atoms with van der Waals surface area (Å²) >= 11 is 6.50. The van der Waals surface area contributed by atoms with Gasteiger partial charge in [0.05, 0.1) is 56.1 Å². The molecule has 0 amide bonds. The van der Waals surface area contributed by atoms with Crippen molar-refractivity contribution in [3.05, 3.63) is 88.5 Å². The highest BCUT2D eigenvalue weighted by atomic mass is 35.5. The summed E-state index contributed by atoms with van der Waals surface area (Å²) < 4.78 is 27.9. The van der Waals surface area contributed by atoms with Gasteiger partial charge in [-0.1, -0.05) is 28.9 Å². The first-order chi connectivity index (χ1) is 19.7. The normalized spacial score (nSPS) is 16.5. The van der Waals surface area contributed by atoms with E-state index in [4.69, 9.17) is 30.5 Å². The largest absolute Gasteiger partial charge is 0.493 e. The van der Waals surface area contributed by atoms with Crippen molar-refractivity contribution in [2.75, 3.05) is 20.8 Å². The van der Waals surface area contributed by atoms with Crippen LogP contribution in [0.5, 0.6) is 11.5 Å². The van der Waals surface area contributed by atoms with Gasteiger partial charge in [0.2, 0.25) is 0 Å². The number of halogens is 1. The van der Waals surface area contributed by atoms with Crippen molar-refractivity contribution < 1.29 is 28.8 Å². The summed E-state index contributed by atoms with van der Waals surface area (Å²) in [7, 11) is 3.22. The highest BCUT2D eigenvalue weighted by molar-refractivity contribution is 6.30. The molecule has 0 saturated heterocycles. The van der Waals surface area contributed by atoms with Crippen molar-refractivity contribution in [2.45, 2.75) is 45.6 Å². The molecule has 10 nitrogen and oxygen atoms in total. The molecule has 0 bridgehead atoms. The first-order valence-corrected chi connectivity index (χ1v) is 13.6. The second-order valence-corrected chi connectivity index (χ2v) is 10.9. The Hall–Kier alpha value is -3.86. The van der Waals surface area contributed by atoms with E-state index >= 15 is 0 Å². The van der Waals surface area contributed by atoms with E-state index in [1.54, 1.807) is 38.9 Å². The van der Waals surface area contributed by atoms with Gasteiger partial charge in [0.25, 0.3) is 0 Å². The molecular weight excluding hydrogens is 548 g/mol. The molecule has 0 saturated carbocycles. The number of nitrogens with zero attached hydrogens (tertiary/aromatic N) is 4. The highest BCUT2D eigenvalue weighted by Gasteiger charge is 2.33. The lowest BCUT2D eigenvalue weighted by atomic mass is 9.95. The molecule has 216 valence electrons. The Balaban J connectivity index is 1.45. The third kappa shape index (κ3) is 5.81. The molecule has 0 unspecified atom stereocenters. The molecule has 0 aliphatic carbocycles. The SMILES string of the molecule is COc1cccc([C@H]2O[C@H](CCn3nncc3COCC(C)(C)C(=O)O)c3cccn3-c3ccc(Cl)cc32)c1OC. The number of carboxylic acid groups (broad SMARTS) is 1. The zero-order valence-electron chi connectivity index (χ0n) is 23.4. The van der Waals surface area contributed by atoms with Gasteiger partial charge in [0.1, 0.15) is 12.2 Å². The summed E-state index contributed by atoms with van der Waals surface area (Å²) in [4.78, 5) is 11.4. The molecule has 3 heterocycles. The smallest absolute Gasteiger partial charge is 0.311 e. The summed E-state index contributed by atoms with van der Waals surface area (Å²) in [5.74, 6) is 0.286. The quantitative estimate of drug-likeness (QED) is 0.243. The van der Waals surface area contributed by atoms with Crippen LogP contribution in [0.4, 0.5) is 0 Å². The van der Waals surface area contributed by atoms with Gasteiger partial charge >= 0.3 is 5.97 Å². The summed E-state index contributed by atoms with van der Waals surface area (Å²) in [6, 6.07) is 15.6. The molecule has 2 aromatic heterocycles. The minimum atomic E-state index is -0.994. The Labute approximate surface area is 243 Å². The van der Waals surface area contributed by atoms with Crippen LogP contribution in [0.1, 0.15) is 55.0 Å². The predicted octanol–water partition coefficient (Wildman–Crippen LogP) is 5.62. The fraction of sp³-hybridized carbons (Fsp3) is 0.367. The van der Waals surface area contributed by atoms with Gasteiger partial charge in [0, 0.05) is 28.9 Å². The van der Waals surface area contributed by atoms with E-state index in [-0.39, 0.29) is 19.3 Å². The molecule has 2 atom stereocenters. The maximum atomic E-state index is 11.4. The van der Waals surface area contributed by atoms with E-state index in [0.717, 1.165) is 28.2 Å². The monoisotopic (exact) mass is 580 g/mol. The second kappa shape index (κ2) is 11.9. The third-order valence-electron chi connectivity index (χ3n) is 7.25. The molecular formula is C30H33ClN4O6. The predicted molar refractivity (Wildman–Crippen MR) is 152 cm³/mol. The van der Waals surface area contributed by atoms with Crippen LogP contribution in [0.3, 0.4) is 0 Å². The molecule has 4 aromatic rings. The van der Waals surface area contributed by atoms with Crippen molar-refractivity contribution in [1.29, 1.82) is 0 Å². The average molecular weight is 581 g/mol.